The SMILES string of the molecule is CO[C@@]1(c2cc(OCC[C@H](C)O)cc(-c3c[nH]c4cnc(NC(C)=O)cc34)n2)CCOC1. The van der Waals surface area contributed by atoms with E-state index in [0.29, 0.717) is 49.9 Å². The molecule has 0 unspecified atom stereocenters. The van der Waals surface area contributed by atoms with Crippen molar-refractivity contribution in [2.75, 3.05) is 32.2 Å². The highest BCUT2D eigenvalue weighted by Crippen LogP contribution is 2.37. The first-order valence-corrected chi connectivity index (χ1v) is 10.6. The van der Waals surface area contributed by atoms with E-state index in [-0.39, 0.29) is 5.91 Å². The number of hydrogen-bond acceptors (Lipinski definition) is 7. The van der Waals surface area contributed by atoms with Crippen molar-refractivity contribution in [2.24, 2.45) is 0 Å². The summed E-state index contributed by atoms with van der Waals surface area (Å²) in [5.41, 5.74) is 2.45. The average Bonchev–Trinajstić information content (AvgIpc) is 3.40. The normalized spacial score (nSPS) is 19.2. The number of pyridine rings is 2. The maximum atomic E-state index is 11.5. The van der Waals surface area contributed by atoms with Gasteiger partial charge in [0.15, 0.2) is 0 Å². The molecule has 2 atom stereocenters. The number of carbonyl (C=O) groups excluding carboxylic acids is 1. The van der Waals surface area contributed by atoms with E-state index in [1.54, 1.807) is 20.2 Å². The molecule has 3 aromatic heterocycles. The van der Waals surface area contributed by atoms with E-state index in [9.17, 15) is 9.90 Å². The number of anilines is 1. The zero-order valence-corrected chi connectivity index (χ0v) is 18.5. The van der Waals surface area contributed by atoms with Crippen LogP contribution in [0.15, 0.2) is 30.6 Å². The molecule has 4 rings (SSSR count). The number of carbonyl (C=O) groups is 1. The van der Waals surface area contributed by atoms with Gasteiger partial charge in [-0.3, -0.25) is 4.79 Å². The summed E-state index contributed by atoms with van der Waals surface area (Å²) in [7, 11) is 1.66. The minimum atomic E-state index is -0.645. The Morgan fingerprint density at radius 3 is 2.94 bits per heavy atom. The lowest BCUT2D eigenvalue weighted by Crippen LogP contribution is -2.30. The molecule has 0 radical (unpaired) electrons. The van der Waals surface area contributed by atoms with Gasteiger partial charge in [-0.15, -0.1) is 0 Å². The fourth-order valence-electron chi connectivity index (χ4n) is 3.80. The van der Waals surface area contributed by atoms with Crippen LogP contribution in [-0.2, 0) is 19.9 Å². The fourth-order valence-corrected chi connectivity index (χ4v) is 3.80. The quantitative estimate of drug-likeness (QED) is 0.493. The van der Waals surface area contributed by atoms with Gasteiger partial charge in [-0.25, -0.2) is 9.97 Å². The Kier molecular flexibility index (Phi) is 6.40. The molecule has 3 aromatic rings. The molecule has 1 saturated heterocycles. The molecule has 0 spiro atoms. The van der Waals surface area contributed by atoms with E-state index >= 15 is 0 Å². The molecule has 9 nitrogen and oxygen atoms in total. The number of fused-ring (bicyclic) bond motifs is 1. The molecule has 0 aliphatic carbocycles. The molecule has 1 amide bonds. The Hall–Kier alpha value is -3.01. The standard InChI is InChI=1S/C23H28N4O5/c1-14(28)4-6-32-16-8-19(27-21(9-16)23(30-3)5-7-31-13-23)18-11-24-20-12-25-22(10-17(18)20)26-15(2)29/h8-12,14,24,28H,4-7,13H2,1-3H3,(H,25,26,29)/t14-,23-/m0/s1. The number of amides is 1. The van der Waals surface area contributed by atoms with Crippen molar-refractivity contribution in [3.63, 3.8) is 0 Å². The summed E-state index contributed by atoms with van der Waals surface area (Å²) in [6.45, 7) is 4.56. The lowest BCUT2D eigenvalue weighted by atomic mass is 9.96. The van der Waals surface area contributed by atoms with Crippen molar-refractivity contribution < 1.29 is 24.1 Å². The summed E-state index contributed by atoms with van der Waals surface area (Å²) in [6, 6.07) is 5.56. The molecule has 1 aliphatic heterocycles. The number of methoxy groups -OCH3 is 1. The van der Waals surface area contributed by atoms with E-state index in [4.69, 9.17) is 19.2 Å². The minimum absolute atomic E-state index is 0.189. The molecule has 1 fully saturated rings. The highest BCUT2D eigenvalue weighted by molar-refractivity contribution is 5.97. The van der Waals surface area contributed by atoms with Crippen LogP contribution >= 0.6 is 0 Å². The number of H-pyrrole nitrogens is 1. The van der Waals surface area contributed by atoms with Crippen LogP contribution in [0.2, 0.25) is 0 Å². The fraction of sp³-hybridized carbons (Fsp3) is 0.435. The Labute approximate surface area is 186 Å². The van der Waals surface area contributed by atoms with Gasteiger partial charge >= 0.3 is 0 Å². The van der Waals surface area contributed by atoms with Gasteiger partial charge in [0.1, 0.15) is 17.2 Å². The van der Waals surface area contributed by atoms with Gasteiger partial charge in [0.2, 0.25) is 5.91 Å². The van der Waals surface area contributed by atoms with Gasteiger partial charge in [0.05, 0.1) is 42.4 Å². The maximum Gasteiger partial charge on any atom is 0.222 e. The molecule has 1 aliphatic rings. The number of aromatic amines is 1. The van der Waals surface area contributed by atoms with E-state index in [1.807, 2.05) is 24.4 Å². The average molecular weight is 441 g/mol. The van der Waals surface area contributed by atoms with Gasteiger partial charge in [-0.2, -0.15) is 0 Å². The highest BCUT2D eigenvalue weighted by Gasteiger charge is 2.39. The summed E-state index contributed by atoms with van der Waals surface area (Å²) < 4.78 is 17.4. The predicted molar refractivity (Wildman–Crippen MR) is 120 cm³/mol. The molecule has 4 heterocycles. The molecule has 0 bridgehead atoms. The molecule has 3 N–H and O–H groups in total. The first kappa shape index (κ1) is 22.2. The van der Waals surface area contributed by atoms with E-state index in [2.05, 4.69) is 15.3 Å². The third kappa shape index (κ3) is 4.59. The predicted octanol–water partition coefficient (Wildman–Crippen LogP) is 3.00. The molecular weight excluding hydrogens is 412 g/mol. The monoisotopic (exact) mass is 440 g/mol. The van der Waals surface area contributed by atoms with E-state index in [0.717, 1.165) is 22.2 Å². The van der Waals surface area contributed by atoms with E-state index < -0.39 is 11.7 Å². The zero-order chi connectivity index (χ0) is 22.7. The highest BCUT2D eigenvalue weighted by atomic mass is 16.5. The number of ether oxygens (including phenoxy) is 3. The molecule has 32 heavy (non-hydrogen) atoms. The number of nitrogens with one attached hydrogen (secondary N) is 2. The third-order valence-corrected chi connectivity index (χ3v) is 5.59. The lowest BCUT2D eigenvalue weighted by Gasteiger charge is -2.26. The summed E-state index contributed by atoms with van der Waals surface area (Å²) >= 11 is 0. The maximum absolute atomic E-state index is 11.5. The summed E-state index contributed by atoms with van der Waals surface area (Å²) in [4.78, 5) is 23.9. The first-order valence-electron chi connectivity index (χ1n) is 10.6. The molecule has 9 heteroatoms. The van der Waals surface area contributed by atoms with Gasteiger partial charge in [0, 0.05) is 62.8 Å². The lowest BCUT2D eigenvalue weighted by molar-refractivity contribution is -0.114. The topological polar surface area (TPSA) is 119 Å². The smallest absolute Gasteiger partial charge is 0.222 e. The summed E-state index contributed by atoms with van der Waals surface area (Å²) in [6.07, 6.45) is 4.30. The van der Waals surface area contributed by atoms with Crippen LogP contribution in [0.4, 0.5) is 5.82 Å². The Bertz CT molecular complexity index is 1100. The van der Waals surface area contributed by atoms with Crippen molar-refractivity contribution in [2.45, 2.75) is 38.4 Å². The van der Waals surface area contributed by atoms with Crippen molar-refractivity contribution in [1.82, 2.24) is 15.0 Å². The molecule has 170 valence electrons. The van der Waals surface area contributed by atoms with Crippen LogP contribution in [0.5, 0.6) is 5.75 Å². The molecule has 0 aromatic carbocycles. The number of aliphatic hydroxyl groups excluding tert-OH is 1. The molecular formula is C23H28N4O5. The third-order valence-electron chi connectivity index (χ3n) is 5.59. The second-order valence-corrected chi connectivity index (χ2v) is 8.06. The van der Waals surface area contributed by atoms with Crippen LogP contribution in [0.25, 0.3) is 22.2 Å². The van der Waals surface area contributed by atoms with Crippen molar-refractivity contribution in [1.29, 1.82) is 0 Å². The van der Waals surface area contributed by atoms with Crippen molar-refractivity contribution >= 4 is 22.6 Å². The van der Waals surface area contributed by atoms with Gasteiger partial charge in [-0.1, -0.05) is 0 Å². The van der Waals surface area contributed by atoms with Crippen LogP contribution in [0.3, 0.4) is 0 Å². The number of hydrogen-bond donors (Lipinski definition) is 3. The van der Waals surface area contributed by atoms with Crippen LogP contribution < -0.4 is 10.1 Å². The first-order chi connectivity index (χ1) is 15.4. The number of rotatable bonds is 8. The summed E-state index contributed by atoms with van der Waals surface area (Å²) in [5, 5.41) is 13.2. The van der Waals surface area contributed by atoms with Crippen LogP contribution in [0.1, 0.15) is 32.4 Å². The van der Waals surface area contributed by atoms with Crippen LogP contribution in [-0.4, -0.2) is 59.0 Å². The number of aromatic nitrogens is 3. The van der Waals surface area contributed by atoms with E-state index in [1.165, 1.54) is 6.92 Å². The molecule has 0 saturated carbocycles. The Morgan fingerprint density at radius 1 is 1.41 bits per heavy atom. The van der Waals surface area contributed by atoms with Gasteiger partial charge < -0.3 is 29.6 Å². The largest absolute Gasteiger partial charge is 0.493 e. The van der Waals surface area contributed by atoms with Gasteiger partial charge in [-0.05, 0) is 13.0 Å². The zero-order valence-electron chi connectivity index (χ0n) is 18.5. The Morgan fingerprint density at radius 2 is 2.25 bits per heavy atom. The van der Waals surface area contributed by atoms with Crippen molar-refractivity contribution in [3.8, 4) is 17.0 Å². The number of aliphatic hydroxyl groups is 1. The van der Waals surface area contributed by atoms with Crippen molar-refractivity contribution in [3.05, 3.63) is 36.3 Å². The summed E-state index contributed by atoms with van der Waals surface area (Å²) in [5.74, 6) is 0.915. The van der Waals surface area contributed by atoms with Gasteiger partial charge in [0.25, 0.3) is 0 Å². The Balaban J connectivity index is 1.78. The minimum Gasteiger partial charge on any atom is -0.493 e. The van der Waals surface area contributed by atoms with Crippen LogP contribution in [0, 0.1) is 0 Å². The second kappa shape index (κ2) is 9.23. The number of nitrogens with zero attached hydrogens (tertiary/aromatic N) is 2. The second-order valence-electron chi connectivity index (χ2n) is 8.06.